The van der Waals surface area contributed by atoms with Gasteiger partial charge in [0.25, 0.3) is 5.91 Å². The Hall–Kier alpha value is -2.33. The van der Waals surface area contributed by atoms with Crippen LogP contribution in [0.2, 0.25) is 0 Å². The molecule has 104 valence electrons. The number of aliphatic hydroxyl groups excluding tert-OH is 1. The van der Waals surface area contributed by atoms with Gasteiger partial charge in [-0.05, 0) is 55.3 Å². The number of carbonyl (C=O) groups is 1. The van der Waals surface area contributed by atoms with Crippen LogP contribution in [0.15, 0.2) is 42.5 Å². The van der Waals surface area contributed by atoms with Crippen LogP contribution >= 0.6 is 0 Å². The van der Waals surface area contributed by atoms with E-state index in [2.05, 4.69) is 5.32 Å². The van der Waals surface area contributed by atoms with Crippen LogP contribution in [0.25, 0.3) is 0 Å². The summed E-state index contributed by atoms with van der Waals surface area (Å²) in [6.45, 7) is 3.56. The van der Waals surface area contributed by atoms with Gasteiger partial charge in [-0.25, -0.2) is 0 Å². The van der Waals surface area contributed by atoms with Crippen molar-refractivity contribution in [2.45, 2.75) is 20.0 Å². The lowest BCUT2D eigenvalue weighted by molar-refractivity contribution is 0.102. The molecule has 1 amide bonds. The molecule has 0 heterocycles. The van der Waals surface area contributed by atoms with E-state index >= 15 is 0 Å². The Morgan fingerprint density at radius 1 is 1.20 bits per heavy atom. The zero-order valence-corrected chi connectivity index (χ0v) is 11.6. The van der Waals surface area contributed by atoms with Crippen LogP contribution in [0.3, 0.4) is 0 Å². The Bertz CT molecular complexity index is 619. The van der Waals surface area contributed by atoms with Crippen molar-refractivity contribution in [3.8, 4) is 0 Å². The first-order valence-corrected chi connectivity index (χ1v) is 6.43. The molecular formula is C16H18N2O2. The van der Waals surface area contributed by atoms with E-state index < -0.39 is 6.10 Å². The number of nitrogens with two attached hydrogens (primary N) is 1. The second-order valence-corrected chi connectivity index (χ2v) is 4.82. The van der Waals surface area contributed by atoms with E-state index in [0.29, 0.717) is 16.9 Å². The van der Waals surface area contributed by atoms with E-state index in [1.165, 1.54) is 0 Å². The average Bonchev–Trinajstić information content (AvgIpc) is 2.42. The van der Waals surface area contributed by atoms with E-state index in [1.807, 2.05) is 6.92 Å². The topological polar surface area (TPSA) is 75.3 Å². The van der Waals surface area contributed by atoms with Crippen molar-refractivity contribution in [3.63, 3.8) is 0 Å². The first kappa shape index (κ1) is 14.1. The first-order valence-electron chi connectivity index (χ1n) is 6.43. The summed E-state index contributed by atoms with van der Waals surface area (Å²) in [6, 6.07) is 12.3. The van der Waals surface area contributed by atoms with Crippen molar-refractivity contribution >= 4 is 17.3 Å². The Morgan fingerprint density at radius 2 is 1.85 bits per heavy atom. The normalized spacial score (nSPS) is 11.9. The van der Waals surface area contributed by atoms with Crippen LogP contribution in [-0.4, -0.2) is 11.0 Å². The van der Waals surface area contributed by atoms with Crippen LogP contribution < -0.4 is 11.1 Å². The van der Waals surface area contributed by atoms with Crippen LogP contribution in [0.4, 0.5) is 11.4 Å². The molecule has 0 saturated carbocycles. The lowest BCUT2D eigenvalue weighted by Crippen LogP contribution is -2.12. The molecular weight excluding hydrogens is 252 g/mol. The highest BCUT2D eigenvalue weighted by Crippen LogP contribution is 2.17. The molecule has 1 atom stereocenters. The molecule has 2 rings (SSSR count). The first-order chi connectivity index (χ1) is 9.47. The van der Waals surface area contributed by atoms with E-state index in [1.54, 1.807) is 49.4 Å². The summed E-state index contributed by atoms with van der Waals surface area (Å²) >= 11 is 0. The number of nitrogens with one attached hydrogen (secondary N) is 1. The number of hydrogen-bond donors (Lipinski definition) is 3. The number of nitrogen functional groups attached to an aromatic ring is 1. The molecule has 0 aromatic heterocycles. The Balaban J connectivity index is 2.12. The van der Waals surface area contributed by atoms with Crippen molar-refractivity contribution < 1.29 is 9.90 Å². The molecule has 0 unspecified atom stereocenters. The summed E-state index contributed by atoms with van der Waals surface area (Å²) in [5.74, 6) is -0.183. The fourth-order valence-corrected chi connectivity index (χ4v) is 1.87. The molecule has 0 radical (unpaired) electrons. The van der Waals surface area contributed by atoms with Gasteiger partial charge in [-0.15, -0.1) is 0 Å². The summed E-state index contributed by atoms with van der Waals surface area (Å²) in [5, 5.41) is 12.2. The number of carbonyl (C=O) groups excluding carboxylic acids is 1. The number of rotatable bonds is 3. The number of aliphatic hydroxyl groups is 1. The Kier molecular flexibility index (Phi) is 4.05. The maximum Gasteiger partial charge on any atom is 0.255 e. The zero-order valence-electron chi connectivity index (χ0n) is 11.6. The van der Waals surface area contributed by atoms with Crippen LogP contribution in [0.1, 0.15) is 34.5 Å². The summed E-state index contributed by atoms with van der Waals surface area (Å²) in [7, 11) is 0. The molecule has 20 heavy (non-hydrogen) atoms. The molecule has 0 aliphatic carbocycles. The molecule has 0 fully saturated rings. The summed E-state index contributed by atoms with van der Waals surface area (Å²) in [6.07, 6.45) is -0.514. The van der Waals surface area contributed by atoms with Gasteiger partial charge in [-0.1, -0.05) is 12.1 Å². The molecule has 4 N–H and O–H groups in total. The fraction of sp³-hybridized carbons (Fsp3) is 0.188. The molecule has 4 heteroatoms. The number of amides is 1. The second kappa shape index (κ2) is 5.75. The van der Waals surface area contributed by atoms with Gasteiger partial charge in [-0.3, -0.25) is 4.79 Å². The van der Waals surface area contributed by atoms with Crippen molar-refractivity contribution in [2.24, 2.45) is 0 Å². The number of anilines is 2. The van der Waals surface area contributed by atoms with E-state index in [4.69, 9.17) is 5.73 Å². The minimum atomic E-state index is -0.514. The minimum Gasteiger partial charge on any atom is -0.399 e. The Labute approximate surface area is 118 Å². The maximum atomic E-state index is 12.1. The molecule has 0 spiro atoms. The monoisotopic (exact) mass is 270 g/mol. The maximum absolute atomic E-state index is 12.1. The van der Waals surface area contributed by atoms with Crippen molar-refractivity contribution in [3.05, 3.63) is 59.2 Å². The lowest BCUT2D eigenvalue weighted by Gasteiger charge is -2.09. The zero-order chi connectivity index (χ0) is 14.7. The van der Waals surface area contributed by atoms with Crippen molar-refractivity contribution in [1.82, 2.24) is 0 Å². The molecule has 2 aromatic rings. The number of hydrogen-bond acceptors (Lipinski definition) is 3. The van der Waals surface area contributed by atoms with Gasteiger partial charge in [0.05, 0.1) is 6.10 Å². The summed E-state index contributed by atoms with van der Waals surface area (Å²) < 4.78 is 0. The van der Waals surface area contributed by atoms with Crippen LogP contribution in [0, 0.1) is 6.92 Å². The van der Waals surface area contributed by atoms with Crippen LogP contribution in [-0.2, 0) is 0 Å². The van der Waals surface area contributed by atoms with Gasteiger partial charge < -0.3 is 16.2 Å². The van der Waals surface area contributed by atoms with Gasteiger partial charge >= 0.3 is 0 Å². The minimum absolute atomic E-state index is 0.183. The standard InChI is InChI=1S/C16H18N2O2/c1-10-9-13(5-8-15(10)17)16(20)18-14-6-3-12(4-7-14)11(2)19/h3-9,11,19H,17H2,1-2H3,(H,18,20)/t11-/m1/s1. The van der Waals surface area contributed by atoms with Crippen molar-refractivity contribution in [2.75, 3.05) is 11.1 Å². The third-order valence-corrected chi connectivity index (χ3v) is 3.18. The predicted molar refractivity (Wildman–Crippen MR) is 80.6 cm³/mol. The van der Waals surface area contributed by atoms with E-state index in [9.17, 15) is 9.90 Å². The van der Waals surface area contributed by atoms with Gasteiger partial charge in [0.2, 0.25) is 0 Å². The van der Waals surface area contributed by atoms with Gasteiger partial charge in [0, 0.05) is 16.9 Å². The van der Waals surface area contributed by atoms with E-state index in [-0.39, 0.29) is 5.91 Å². The summed E-state index contributed by atoms with van der Waals surface area (Å²) in [4.78, 5) is 12.1. The van der Waals surface area contributed by atoms with Gasteiger partial charge in [-0.2, -0.15) is 0 Å². The van der Waals surface area contributed by atoms with E-state index in [0.717, 1.165) is 11.1 Å². The quantitative estimate of drug-likeness (QED) is 0.751. The smallest absolute Gasteiger partial charge is 0.255 e. The summed E-state index contributed by atoms with van der Waals surface area (Å²) in [5.41, 5.74) is 9.34. The fourth-order valence-electron chi connectivity index (χ4n) is 1.87. The third kappa shape index (κ3) is 3.16. The third-order valence-electron chi connectivity index (χ3n) is 3.18. The predicted octanol–water partition coefficient (Wildman–Crippen LogP) is 2.88. The van der Waals surface area contributed by atoms with Crippen molar-refractivity contribution in [1.29, 1.82) is 0 Å². The lowest BCUT2D eigenvalue weighted by atomic mass is 10.1. The molecule has 0 saturated heterocycles. The SMILES string of the molecule is Cc1cc(C(=O)Nc2ccc([C@@H](C)O)cc2)ccc1N. The molecule has 2 aromatic carbocycles. The van der Waals surface area contributed by atoms with Gasteiger partial charge in [0.1, 0.15) is 0 Å². The second-order valence-electron chi connectivity index (χ2n) is 4.82. The number of aryl methyl sites for hydroxylation is 1. The molecule has 4 nitrogen and oxygen atoms in total. The largest absolute Gasteiger partial charge is 0.399 e. The highest BCUT2D eigenvalue weighted by atomic mass is 16.3. The highest BCUT2D eigenvalue weighted by Gasteiger charge is 2.08. The van der Waals surface area contributed by atoms with Crippen LogP contribution in [0.5, 0.6) is 0 Å². The van der Waals surface area contributed by atoms with Gasteiger partial charge in [0.15, 0.2) is 0 Å². The Morgan fingerprint density at radius 3 is 2.40 bits per heavy atom. The highest BCUT2D eigenvalue weighted by molar-refractivity contribution is 6.04. The number of benzene rings is 2. The molecule has 0 aliphatic rings. The molecule has 0 bridgehead atoms. The average molecular weight is 270 g/mol. The molecule has 0 aliphatic heterocycles.